The molecule has 2 aromatic rings. The summed E-state index contributed by atoms with van der Waals surface area (Å²) in [5, 5.41) is 3.23. The molecular weight excluding hydrogens is 326 g/mol. The first-order valence-electron chi connectivity index (χ1n) is 7.83. The van der Waals surface area contributed by atoms with Crippen molar-refractivity contribution in [2.45, 2.75) is 31.6 Å². The van der Waals surface area contributed by atoms with Crippen molar-refractivity contribution in [2.75, 3.05) is 23.7 Å². The minimum Gasteiger partial charge on any atom is -0.496 e. The van der Waals surface area contributed by atoms with E-state index in [-0.39, 0.29) is 10.7 Å². The number of anilines is 2. The molecule has 1 aromatic carbocycles. The Morgan fingerprint density at radius 1 is 1.21 bits per heavy atom. The third-order valence-corrected chi connectivity index (χ3v) is 4.89. The van der Waals surface area contributed by atoms with Crippen LogP contribution < -0.4 is 14.8 Å². The molecule has 0 spiro atoms. The van der Waals surface area contributed by atoms with E-state index < -0.39 is 10.0 Å². The van der Waals surface area contributed by atoms with Crippen molar-refractivity contribution >= 4 is 21.5 Å². The molecule has 1 heterocycles. The molecule has 1 aromatic heterocycles. The predicted molar refractivity (Wildman–Crippen MR) is 96.2 cm³/mol. The normalized spacial score (nSPS) is 11.1. The summed E-state index contributed by atoms with van der Waals surface area (Å²) in [4.78, 5) is 4.32. The maximum Gasteiger partial charge on any atom is 0.263 e. The SMILES string of the molecule is CCCCNc1ccc(NS(=O)(=O)c2ccc(OC)c(C)c2)nc1. The summed E-state index contributed by atoms with van der Waals surface area (Å²) in [5.41, 5.74) is 1.62. The van der Waals surface area contributed by atoms with Gasteiger partial charge in [-0.15, -0.1) is 0 Å². The van der Waals surface area contributed by atoms with Gasteiger partial charge in [-0.1, -0.05) is 13.3 Å². The monoisotopic (exact) mass is 349 g/mol. The first kappa shape index (κ1) is 18.1. The zero-order chi connectivity index (χ0) is 17.6. The molecule has 0 radical (unpaired) electrons. The summed E-state index contributed by atoms with van der Waals surface area (Å²) in [6.45, 7) is 4.79. The first-order valence-corrected chi connectivity index (χ1v) is 9.32. The van der Waals surface area contributed by atoms with Crippen LogP contribution in [-0.2, 0) is 10.0 Å². The van der Waals surface area contributed by atoms with E-state index in [1.54, 1.807) is 44.5 Å². The highest BCUT2D eigenvalue weighted by Crippen LogP contribution is 2.23. The number of rotatable bonds is 8. The van der Waals surface area contributed by atoms with E-state index in [0.29, 0.717) is 5.75 Å². The van der Waals surface area contributed by atoms with E-state index in [1.807, 2.05) is 0 Å². The maximum absolute atomic E-state index is 12.4. The molecule has 6 nitrogen and oxygen atoms in total. The molecule has 0 aliphatic heterocycles. The van der Waals surface area contributed by atoms with Gasteiger partial charge in [0.05, 0.1) is 23.9 Å². The van der Waals surface area contributed by atoms with Crippen LogP contribution in [0.15, 0.2) is 41.4 Å². The Hall–Kier alpha value is -2.28. The summed E-state index contributed by atoms with van der Waals surface area (Å²) in [6.07, 6.45) is 3.80. The topological polar surface area (TPSA) is 80.3 Å². The number of methoxy groups -OCH3 is 1. The number of nitrogens with one attached hydrogen (secondary N) is 2. The van der Waals surface area contributed by atoms with Gasteiger partial charge < -0.3 is 10.1 Å². The van der Waals surface area contributed by atoms with Gasteiger partial charge in [0.2, 0.25) is 0 Å². The molecule has 0 bridgehead atoms. The molecule has 2 N–H and O–H groups in total. The van der Waals surface area contributed by atoms with Gasteiger partial charge in [0.1, 0.15) is 11.6 Å². The molecular formula is C17H23N3O3S. The third kappa shape index (κ3) is 4.61. The van der Waals surface area contributed by atoms with E-state index in [1.165, 1.54) is 6.07 Å². The molecule has 24 heavy (non-hydrogen) atoms. The minimum absolute atomic E-state index is 0.174. The lowest BCUT2D eigenvalue weighted by atomic mass is 10.2. The molecule has 0 aliphatic rings. The Morgan fingerprint density at radius 2 is 2.00 bits per heavy atom. The zero-order valence-electron chi connectivity index (χ0n) is 14.2. The summed E-state index contributed by atoms with van der Waals surface area (Å²) >= 11 is 0. The highest BCUT2D eigenvalue weighted by Gasteiger charge is 2.16. The van der Waals surface area contributed by atoms with Crippen LogP contribution in [0.2, 0.25) is 0 Å². The third-order valence-electron chi connectivity index (χ3n) is 3.54. The van der Waals surface area contributed by atoms with Gasteiger partial charge in [-0.3, -0.25) is 4.72 Å². The highest BCUT2D eigenvalue weighted by atomic mass is 32.2. The Labute approximate surface area is 143 Å². The molecule has 0 saturated heterocycles. The Kier molecular flexibility index (Phi) is 6.03. The van der Waals surface area contributed by atoms with Gasteiger partial charge >= 0.3 is 0 Å². The number of aryl methyl sites for hydroxylation is 1. The van der Waals surface area contributed by atoms with Crippen LogP contribution in [-0.4, -0.2) is 27.1 Å². The summed E-state index contributed by atoms with van der Waals surface area (Å²) in [7, 11) is -2.13. The Bertz CT molecular complexity index is 774. The van der Waals surface area contributed by atoms with Crippen LogP contribution in [0.4, 0.5) is 11.5 Å². The highest BCUT2D eigenvalue weighted by molar-refractivity contribution is 7.92. The average Bonchev–Trinajstić information content (AvgIpc) is 2.56. The lowest BCUT2D eigenvalue weighted by Crippen LogP contribution is -2.14. The second kappa shape index (κ2) is 8.01. The Morgan fingerprint density at radius 3 is 2.58 bits per heavy atom. The van der Waals surface area contributed by atoms with E-state index in [9.17, 15) is 8.42 Å². The number of benzene rings is 1. The van der Waals surface area contributed by atoms with Gasteiger partial charge in [0.25, 0.3) is 10.0 Å². The van der Waals surface area contributed by atoms with Gasteiger partial charge in [0.15, 0.2) is 0 Å². The number of unbranched alkanes of at least 4 members (excludes halogenated alkanes) is 1. The smallest absolute Gasteiger partial charge is 0.263 e. The van der Waals surface area contributed by atoms with Crippen LogP contribution in [0.1, 0.15) is 25.3 Å². The average molecular weight is 349 g/mol. The van der Waals surface area contributed by atoms with E-state index in [4.69, 9.17) is 4.74 Å². The van der Waals surface area contributed by atoms with Crippen molar-refractivity contribution in [3.05, 3.63) is 42.1 Å². The van der Waals surface area contributed by atoms with E-state index in [2.05, 4.69) is 21.9 Å². The fraction of sp³-hybridized carbons (Fsp3) is 0.353. The lowest BCUT2D eigenvalue weighted by Gasteiger charge is -2.11. The van der Waals surface area contributed by atoms with Crippen LogP contribution in [0.25, 0.3) is 0 Å². The lowest BCUT2D eigenvalue weighted by molar-refractivity contribution is 0.411. The van der Waals surface area contributed by atoms with Crippen molar-refractivity contribution in [3.63, 3.8) is 0 Å². The van der Waals surface area contributed by atoms with Crippen LogP contribution in [0.5, 0.6) is 5.75 Å². The molecule has 7 heteroatoms. The number of nitrogens with zero attached hydrogens (tertiary/aromatic N) is 1. The van der Waals surface area contributed by atoms with Crippen LogP contribution in [0.3, 0.4) is 0 Å². The largest absolute Gasteiger partial charge is 0.496 e. The number of hydrogen-bond acceptors (Lipinski definition) is 5. The standard InChI is InChI=1S/C17H23N3O3S/c1-4-5-10-18-14-6-9-17(19-12-14)20-24(21,22)15-7-8-16(23-3)13(2)11-15/h6-9,11-12,18H,4-5,10H2,1-3H3,(H,19,20). The number of pyridine rings is 1. The summed E-state index contributed by atoms with van der Waals surface area (Å²) < 4.78 is 32.5. The summed E-state index contributed by atoms with van der Waals surface area (Å²) in [5.74, 6) is 0.930. The van der Waals surface area contributed by atoms with Gasteiger partial charge in [-0.25, -0.2) is 13.4 Å². The number of sulfonamides is 1. The quantitative estimate of drug-likeness (QED) is 0.714. The van der Waals surface area contributed by atoms with Crippen molar-refractivity contribution in [3.8, 4) is 5.75 Å². The van der Waals surface area contributed by atoms with Crippen molar-refractivity contribution < 1.29 is 13.2 Å². The Balaban J connectivity index is 2.10. The fourth-order valence-electron chi connectivity index (χ4n) is 2.18. The number of aromatic nitrogens is 1. The van der Waals surface area contributed by atoms with Crippen molar-refractivity contribution in [2.24, 2.45) is 0 Å². The van der Waals surface area contributed by atoms with Gasteiger partial charge in [0, 0.05) is 6.54 Å². The molecule has 0 fully saturated rings. The van der Waals surface area contributed by atoms with E-state index >= 15 is 0 Å². The molecule has 130 valence electrons. The van der Waals surface area contributed by atoms with Crippen LogP contribution >= 0.6 is 0 Å². The van der Waals surface area contributed by atoms with E-state index in [0.717, 1.165) is 30.6 Å². The first-order chi connectivity index (χ1) is 11.5. The minimum atomic E-state index is -3.68. The predicted octanol–water partition coefficient (Wildman–Crippen LogP) is 3.41. The molecule has 0 amide bonds. The zero-order valence-corrected chi connectivity index (χ0v) is 15.0. The molecule has 0 atom stereocenters. The summed E-state index contributed by atoms with van der Waals surface area (Å²) in [6, 6.07) is 8.16. The molecule has 2 rings (SSSR count). The van der Waals surface area contributed by atoms with Crippen molar-refractivity contribution in [1.29, 1.82) is 0 Å². The maximum atomic E-state index is 12.4. The number of hydrogen-bond donors (Lipinski definition) is 2. The molecule has 0 aliphatic carbocycles. The molecule has 0 unspecified atom stereocenters. The molecule has 0 saturated carbocycles. The van der Waals surface area contributed by atoms with Gasteiger partial charge in [-0.05, 0) is 49.2 Å². The van der Waals surface area contributed by atoms with Gasteiger partial charge in [-0.2, -0.15) is 0 Å². The second-order valence-corrected chi connectivity index (χ2v) is 7.13. The number of ether oxygens (including phenoxy) is 1. The van der Waals surface area contributed by atoms with Crippen molar-refractivity contribution in [1.82, 2.24) is 4.98 Å². The van der Waals surface area contributed by atoms with Crippen LogP contribution in [0, 0.1) is 6.92 Å². The fourth-order valence-corrected chi connectivity index (χ4v) is 3.28. The second-order valence-electron chi connectivity index (χ2n) is 5.45.